The molecule has 5 rings (SSSR count). The summed E-state index contributed by atoms with van der Waals surface area (Å²) < 4.78 is 40.0. The number of nitriles is 2. The van der Waals surface area contributed by atoms with Crippen molar-refractivity contribution >= 4 is 17.3 Å². The summed E-state index contributed by atoms with van der Waals surface area (Å²) in [6, 6.07) is 14.2. The first-order valence-corrected chi connectivity index (χ1v) is 12.8. The molecule has 1 amide bonds. The quantitative estimate of drug-likeness (QED) is 0.521. The fourth-order valence-electron chi connectivity index (χ4n) is 5.90. The normalized spacial score (nSPS) is 24.9. The van der Waals surface area contributed by atoms with Crippen LogP contribution >= 0.6 is 0 Å². The standard InChI is InChI=1S/C29H31F3N4O2/c1-18-9-23(22-10-20(11-22)17-36(16-18)25-7-3-19(14-33)4-8-25)13-28(2,38)27(37)35-24-6-5-21(15-34)26(12-24)29(30,31)32/h3-8,12,18,20,22-23,38H,9-11,13,16-17H2,1-2H3,(H,35,37). The maximum absolute atomic E-state index is 13.3. The summed E-state index contributed by atoms with van der Waals surface area (Å²) in [6.07, 6.45) is -1.74. The van der Waals surface area contributed by atoms with Crippen LogP contribution in [0.1, 0.15) is 56.2 Å². The molecular weight excluding hydrogens is 493 g/mol. The fraction of sp³-hybridized carbons (Fsp3) is 0.483. The number of hydrogen-bond donors (Lipinski definition) is 2. The van der Waals surface area contributed by atoms with Crippen molar-refractivity contribution in [3.05, 3.63) is 59.2 Å². The lowest BCUT2D eigenvalue weighted by Crippen LogP contribution is -2.44. The van der Waals surface area contributed by atoms with Gasteiger partial charge in [0.15, 0.2) is 0 Å². The minimum Gasteiger partial charge on any atom is -0.380 e. The number of nitrogens with one attached hydrogen (secondary N) is 1. The summed E-state index contributed by atoms with van der Waals surface area (Å²) in [4.78, 5) is 15.3. The predicted octanol–water partition coefficient (Wildman–Crippen LogP) is 5.72. The first-order valence-electron chi connectivity index (χ1n) is 12.8. The molecule has 2 N–H and O–H groups in total. The van der Waals surface area contributed by atoms with E-state index in [1.54, 1.807) is 0 Å². The van der Waals surface area contributed by atoms with Crippen molar-refractivity contribution in [1.29, 1.82) is 10.5 Å². The second-order valence-electron chi connectivity index (χ2n) is 11.1. The molecule has 38 heavy (non-hydrogen) atoms. The van der Waals surface area contributed by atoms with Gasteiger partial charge in [-0.15, -0.1) is 0 Å². The van der Waals surface area contributed by atoms with E-state index >= 15 is 0 Å². The zero-order valence-corrected chi connectivity index (χ0v) is 21.4. The van der Waals surface area contributed by atoms with Crippen LogP contribution in [0.2, 0.25) is 0 Å². The van der Waals surface area contributed by atoms with E-state index in [1.807, 2.05) is 24.3 Å². The summed E-state index contributed by atoms with van der Waals surface area (Å²) in [5.74, 6) is 0.477. The monoisotopic (exact) mass is 524 g/mol. The molecule has 2 aliphatic heterocycles. The van der Waals surface area contributed by atoms with Crippen molar-refractivity contribution in [2.75, 3.05) is 23.3 Å². The van der Waals surface area contributed by atoms with Crippen LogP contribution in [0.15, 0.2) is 42.5 Å². The highest BCUT2D eigenvalue weighted by Crippen LogP contribution is 2.46. The van der Waals surface area contributed by atoms with Crippen LogP contribution in [-0.4, -0.2) is 29.7 Å². The van der Waals surface area contributed by atoms with E-state index in [4.69, 9.17) is 10.5 Å². The molecule has 0 aromatic heterocycles. The van der Waals surface area contributed by atoms with Crippen LogP contribution in [0, 0.1) is 46.3 Å². The Morgan fingerprint density at radius 1 is 1.08 bits per heavy atom. The highest BCUT2D eigenvalue weighted by atomic mass is 19.4. The third-order valence-corrected chi connectivity index (χ3v) is 7.87. The van der Waals surface area contributed by atoms with Crippen LogP contribution in [-0.2, 0) is 11.0 Å². The van der Waals surface area contributed by atoms with Gasteiger partial charge in [-0.25, -0.2) is 0 Å². The maximum atomic E-state index is 13.3. The molecule has 3 fully saturated rings. The van der Waals surface area contributed by atoms with E-state index in [0.29, 0.717) is 17.4 Å². The minimum atomic E-state index is -4.74. The number of carbonyl (C=O) groups is 1. The van der Waals surface area contributed by atoms with Gasteiger partial charge in [-0.05, 0) is 98.7 Å². The number of halogens is 3. The van der Waals surface area contributed by atoms with Crippen molar-refractivity contribution in [3.8, 4) is 12.1 Å². The Morgan fingerprint density at radius 3 is 2.37 bits per heavy atom. The van der Waals surface area contributed by atoms with Gasteiger partial charge < -0.3 is 15.3 Å². The average Bonchev–Trinajstić information content (AvgIpc) is 2.94. The number of carbonyl (C=O) groups excluding carboxylic acids is 1. The first kappa shape index (κ1) is 27.5. The molecule has 6 nitrogen and oxygen atoms in total. The molecular formula is C29H31F3N4O2. The number of hydrogen-bond acceptors (Lipinski definition) is 5. The summed E-state index contributed by atoms with van der Waals surface area (Å²) in [6.45, 7) is 5.28. The van der Waals surface area contributed by atoms with Crippen LogP contribution in [0.5, 0.6) is 0 Å². The van der Waals surface area contributed by atoms with Gasteiger partial charge in [-0.2, -0.15) is 23.7 Å². The Balaban J connectivity index is 1.44. The summed E-state index contributed by atoms with van der Waals surface area (Å²) in [5.41, 5.74) is -1.86. The number of benzene rings is 2. The third kappa shape index (κ3) is 6.11. The lowest BCUT2D eigenvalue weighted by molar-refractivity contribution is -0.138. The molecule has 2 bridgehead atoms. The number of nitrogens with zero attached hydrogens (tertiary/aromatic N) is 3. The second kappa shape index (κ2) is 10.7. The number of fused-ring (bicyclic) bond motifs is 5. The van der Waals surface area contributed by atoms with Gasteiger partial charge >= 0.3 is 6.18 Å². The van der Waals surface area contributed by atoms with E-state index < -0.39 is 28.8 Å². The molecule has 2 heterocycles. The van der Waals surface area contributed by atoms with Gasteiger partial charge in [-0.1, -0.05) is 6.92 Å². The number of anilines is 2. The summed E-state index contributed by atoms with van der Waals surface area (Å²) in [5, 5.41) is 31.6. The Kier molecular flexibility index (Phi) is 7.71. The van der Waals surface area contributed by atoms with E-state index in [1.165, 1.54) is 19.1 Å². The SMILES string of the molecule is CC1CC(CC(C)(O)C(=O)Nc2ccc(C#N)c(C(F)(F)F)c2)C2CC(C2)CN(c2ccc(C#N)cc2)C1. The van der Waals surface area contributed by atoms with Crippen molar-refractivity contribution < 1.29 is 23.1 Å². The minimum absolute atomic E-state index is 0.0922. The highest BCUT2D eigenvalue weighted by Gasteiger charge is 2.43. The first-order chi connectivity index (χ1) is 17.9. The van der Waals surface area contributed by atoms with Crippen LogP contribution in [0.25, 0.3) is 0 Å². The van der Waals surface area contributed by atoms with E-state index in [2.05, 4.69) is 23.2 Å². The molecule has 3 unspecified atom stereocenters. The molecule has 1 saturated carbocycles. The van der Waals surface area contributed by atoms with Gasteiger partial charge in [-0.3, -0.25) is 4.79 Å². The largest absolute Gasteiger partial charge is 0.417 e. The van der Waals surface area contributed by atoms with E-state index in [-0.39, 0.29) is 23.9 Å². The molecule has 9 heteroatoms. The molecule has 0 radical (unpaired) electrons. The summed E-state index contributed by atoms with van der Waals surface area (Å²) >= 11 is 0. The molecule has 2 aromatic rings. The number of rotatable bonds is 5. The van der Waals surface area contributed by atoms with Gasteiger partial charge in [0, 0.05) is 24.5 Å². The number of aliphatic hydroxyl groups is 1. The molecule has 1 aliphatic carbocycles. The maximum Gasteiger partial charge on any atom is 0.417 e. The topological polar surface area (TPSA) is 100 Å². The predicted molar refractivity (Wildman–Crippen MR) is 137 cm³/mol. The Bertz CT molecular complexity index is 1250. The zero-order valence-electron chi connectivity index (χ0n) is 21.4. The molecule has 2 aromatic carbocycles. The van der Waals surface area contributed by atoms with Crippen LogP contribution in [0.4, 0.5) is 24.5 Å². The molecule has 3 aliphatic rings. The number of amides is 1. The zero-order chi connectivity index (χ0) is 27.7. The fourth-order valence-corrected chi connectivity index (χ4v) is 5.90. The summed E-state index contributed by atoms with van der Waals surface area (Å²) in [7, 11) is 0. The molecule has 3 atom stereocenters. The number of alkyl halides is 3. The lowest BCUT2D eigenvalue weighted by Gasteiger charge is -2.43. The molecule has 2 saturated heterocycles. The van der Waals surface area contributed by atoms with Crippen molar-refractivity contribution in [2.45, 2.75) is 51.3 Å². The third-order valence-electron chi connectivity index (χ3n) is 7.87. The Morgan fingerprint density at radius 2 is 1.76 bits per heavy atom. The Hall–Kier alpha value is -3.56. The molecule has 0 spiro atoms. The van der Waals surface area contributed by atoms with Crippen LogP contribution in [0.3, 0.4) is 0 Å². The van der Waals surface area contributed by atoms with Crippen molar-refractivity contribution in [2.24, 2.45) is 23.7 Å². The van der Waals surface area contributed by atoms with Crippen LogP contribution < -0.4 is 10.2 Å². The van der Waals surface area contributed by atoms with E-state index in [9.17, 15) is 23.1 Å². The van der Waals surface area contributed by atoms with Gasteiger partial charge in [0.2, 0.25) is 0 Å². The Labute approximate surface area is 220 Å². The highest BCUT2D eigenvalue weighted by molar-refractivity contribution is 5.97. The smallest absolute Gasteiger partial charge is 0.380 e. The lowest BCUT2D eigenvalue weighted by atomic mass is 9.64. The average molecular weight is 525 g/mol. The second-order valence-corrected chi connectivity index (χ2v) is 11.1. The van der Waals surface area contributed by atoms with Crippen molar-refractivity contribution in [3.63, 3.8) is 0 Å². The van der Waals surface area contributed by atoms with Gasteiger partial charge in [0.1, 0.15) is 5.60 Å². The van der Waals surface area contributed by atoms with Crippen molar-refractivity contribution in [1.82, 2.24) is 0 Å². The van der Waals surface area contributed by atoms with Gasteiger partial charge in [0.05, 0.1) is 28.8 Å². The van der Waals surface area contributed by atoms with E-state index in [0.717, 1.165) is 50.2 Å². The van der Waals surface area contributed by atoms with Gasteiger partial charge in [0.25, 0.3) is 5.91 Å². The molecule has 200 valence electrons.